The standard InChI is InChI=1S/C14H13ClN2O3S/c1-9-5-4-6-10(13(9)15)14(18)17-11-7-2-3-8-12(11)21(16,19)20/h2-8H,1H3,(H,17,18)(H2,16,19,20). The van der Waals surface area contributed by atoms with Crippen LogP contribution in [0.5, 0.6) is 0 Å². The zero-order valence-electron chi connectivity index (χ0n) is 11.1. The second kappa shape index (κ2) is 5.85. The summed E-state index contributed by atoms with van der Waals surface area (Å²) in [6, 6.07) is 10.9. The summed E-state index contributed by atoms with van der Waals surface area (Å²) in [6.07, 6.45) is 0. The SMILES string of the molecule is Cc1cccc(C(=O)Nc2ccccc2S(N)(=O)=O)c1Cl. The predicted molar refractivity (Wildman–Crippen MR) is 82.0 cm³/mol. The number of rotatable bonds is 3. The van der Waals surface area contributed by atoms with E-state index in [9.17, 15) is 13.2 Å². The van der Waals surface area contributed by atoms with Gasteiger partial charge in [-0.2, -0.15) is 0 Å². The number of nitrogens with two attached hydrogens (primary N) is 1. The average molecular weight is 325 g/mol. The second-order valence-corrected chi connectivity index (χ2v) is 6.34. The lowest BCUT2D eigenvalue weighted by atomic mass is 10.1. The van der Waals surface area contributed by atoms with Crippen LogP contribution in [0.25, 0.3) is 0 Å². The molecule has 1 amide bonds. The Morgan fingerprint density at radius 1 is 1.14 bits per heavy atom. The van der Waals surface area contributed by atoms with Gasteiger partial charge in [0.25, 0.3) is 5.91 Å². The molecule has 21 heavy (non-hydrogen) atoms. The Labute approximate surface area is 127 Å². The average Bonchev–Trinajstić information content (AvgIpc) is 2.41. The molecule has 0 bridgehead atoms. The molecular weight excluding hydrogens is 312 g/mol. The van der Waals surface area contributed by atoms with Crippen molar-refractivity contribution in [3.05, 3.63) is 58.6 Å². The summed E-state index contributed by atoms with van der Waals surface area (Å²) in [6.45, 7) is 1.78. The van der Waals surface area contributed by atoms with Gasteiger partial charge in [0, 0.05) is 0 Å². The first kappa shape index (κ1) is 15.5. The normalized spacial score (nSPS) is 11.2. The monoisotopic (exact) mass is 324 g/mol. The van der Waals surface area contributed by atoms with Gasteiger partial charge in [0.1, 0.15) is 4.90 Å². The molecule has 0 unspecified atom stereocenters. The first-order chi connectivity index (χ1) is 9.80. The largest absolute Gasteiger partial charge is 0.321 e. The maximum atomic E-state index is 12.2. The number of hydrogen-bond donors (Lipinski definition) is 2. The van der Waals surface area contributed by atoms with Gasteiger partial charge < -0.3 is 5.32 Å². The van der Waals surface area contributed by atoms with Crippen LogP contribution < -0.4 is 10.5 Å². The number of amides is 1. The number of nitrogens with one attached hydrogen (secondary N) is 1. The summed E-state index contributed by atoms with van der Waals surface area (Å²) in [5, 5.41) is 7.96. The third kappa shape index (κ3) is 3.41. The molecule has 2 aromatic rings. The molecule has 0 aliphatic heterocycles. The Bertz CT molecular complexity index is 804. The number of para-hydroxylation sites is 1. The molecule has 0 atom stereocenters. The van der Waals surface area contributed by atoms with E-state index in [-0.39, 0.29) is 16.1 Å². The molecule has 0 radical (unpaired) electrons. The molecule has 0 aromatic heterocycles. The minimum absolute atomic E-state index is 0.113. The van der Waals surface area contributed by atoms with Crippen LogP contribution in [0.3, 0.4) is 0 Å². The molecule has 3 N–H and O–H groups in total. The molecule has 0 aliphatic carbocycles. The van der Waals surface area contributed by atoms with Crippen molar-refractivity contribution in [3.63, 3.8) is 0 Å². The Morgan fingerprint density at radius 2 is 1.81 bits per heavy atom. The van der Waals surface area contributed by atoms with Gasteiger partial charge in [0.2, 0.25) is 10.0 Å². The highest BCUT2D eigenvalue weighted by atomic mass is 35.5. The molecule has 2 aromatic carbocycles. The van der Waals surface area contributed by atoms with E-state index in [0.29, 0.717) is 5.02 Å². The maximum absolute atomic E-state index is 12.2. The van der Waals surface area contributed by atoms with Crippen LogP contribution in [0.15, 0.2) is 47.4 Å². The third-order valence-electron chi connectivity index (χ3n) is 2.88. The zero-order chi connectivity index (χ0) is 15.6. The van der Waals surface area contributed by atoms with Gasteiger partial charge in [-0.3, -0.25) is 4.79 Å². The van der Waals surface area contributed by atoms with Gasteiger partial charge in [0.05, 0.1) is 16.3 Å². The number of halogens is 1. The highest BCUT2D eigenvalue weighted by Crippen LogP contribution is 2.24. The summed E-state index contributed by atoms with van der Waals surface area (Å²) in [7, 11) is -3.93. The molecule has 0 spiro atoms. The summed E-state index contributed by atoms with van der Waals surface area (Å²) in [5.74, 6) is -0.500. The van der Waals surface area contributed by atoms with Crippen LogP contribution in [0.1, 0.15) is 15.9 Å². The van der Waals surface area contributed by atoms with E-state index in [1.165, 1.54) is 18.2 Å². The van der Waals surface area contributed by atoms with Crippen molar-refractivity contribution in [2.45, 2.75) is 11.8 Å². The lowest BCUT2D eigenvalue weighted by Gasteiger charge is -2.11. The molecule has 0 fully saturated rings. The Hall–Kier alpha value is -1.89. The number of primary sulfonamides is 1. The van der Waals surface area contributed by atoms with E-state index in [2.05, 4.69) is 5.32 Å². The molecule has 5 nitrogen and oxygen atoms in total. The van der Waals surface area contributed by atoms with E-state index in [1.54, 1.807) is 31.2 Å². The van der Waals surface area contributed by atoms with Gasteiger partial charge in [-0.15, -0.1) is 0 Å². The van der Waals surface area contributed by atoms with Gasteiger partial charge in [0.15, 0.2) is 0 Å². The van der Waals surface area contributed by atoms with Crippen molar-refractivity contribution >= 4 is 33.2 Å². The highest BCUT2D eigenvalue weighted by Gasteiger charge is 2.17. The van der Waals surface area contributed by atoms with Crippen molar-refractivity contribution in [2.24, 2.45) is 5.14 Å². The fourth-order valence-electron chi connectivity index (χ4n) is 1.83. The summed E-state index contributed by atoms with van der Waals surface area (Å²) >= 11 is 6.08. The van der Waals surface area contributed by atoms with Crippen molar-refractivity contribution in [1.29, 1.82) is 0 Å². The van der Waals surface area contributed by atoms with Gasteiger partial charge in [-0.25, -0.2) is 13.6 Å². The number of carbonyl (C=O) groups excluding carboxylic acids is 1. The minimum atomic E-state index is -3.93. The van der Waals surface area contributed by atoms with E-state index in [4.69, 9.17) is 16.7 Å². The van der Waals surface area contributed by atoms with Crippen LogP contribution >= 0.6 is 11.6 Å². The molecule has 0 aliphatic rings. The van der Waals surface area contributed by atoms with E-state index < -0.39 is 15.9 Å². The first-order valence-electron chi connectivity index (χ1n) is 5.99. The molecular formula is C14H13ClN2O3S. The summed E-state index contributed by atoms with van der Waals surface area (Å²) in [4.78, 5) is 12.1. The molecule has 0 saturated heterocycles. The van der Waals surface area contributed by atoms with Crippen LogP contribution in [0.4, 0.5) is 5.69 Å². The van der Waals surface area contributed by atoms with Crippen molar-refractivity contribution in [1.82, 2.24) is 0 Å². The van der Waals surface area contributed by atoms with Crippen LogP contribution in [-0.2, 0) is 10.0 Å². The van der Waals surface area contributed by atoms with Crippen LogP contribution in [-0.4, -0.2) is 14.3 Å². The molecule has 0 heterocycles. The number of hydrogen-bond acceptors (Lipinski definition) is 3. The fourth-order valence-corrected chi connectivity index (χ4v) is 2.74. The number of anilines is 1. The number of benzene rings is 2. The fraction of sp³-hybridized carbons (Fsp3) is 0.0714. The van der Waals surface area contributed by atoms with E-state index in [0.717, 1.165) is 5.56 Å². The second-order valence-electron chi connectivity index (χ2n) is 4.43. The Morgan fingerprint density at radius 3 is 2.48 bits per heavy atom. The first-order valence-corrected chi connectivity index (χ1v) is 7.91. The van der Waals surface area contributed by atoms with E-state index >= 15 is 0 Å². The summed E-state index contributed by atoms with van der Waals surface area (Å²) < 4.78 is 23.0. The van der Waals surface area contributed by atoms with E-state index in [1.807, 2.05) is 0 Å². The minimum Gasteiger partial charge on any atom is -0.321 e. The molecule has 7 heteroatoms. The predicted octanol–water partition coefficient (Wildman–Crippen LogP) is 2.55. The number of sulfonamides is 1. The van der Waals surface area contributed by atoms with Crippen molar-refractivity contribution in [2.75, 3.05) is 5.32 Å². The molecule has 2 rings (SSSR count). The maximum Gasteiger partial charge on any atom is 0.257 e. The van der Waals surface area contributed by atoms with Crippen molar-refractivity contribution < 1.29 is 13.2 Å². The van der Waals surface area contributed by atoms with Crippen LogP contribution in [0.2, 0.25) is 5.02 Å². The number of aryl methyl sites for hydroxylation is 1. The highest BCUT2D eigenvalue weighted by molar-refractivity contribution is 7.89. The Kier molecular flexibility index (Phi) is 4.32. The molecule has 110 valence electrons. The smallest absolute Gasteiger partial charge is 0.257 e. The van der Waals surface area contributed by atoms with Gasteiger partial charge in [-0.05, 0) is 30.7 Å². The molecule has 0 saturated carbocycles. The lowest BCUT2D eigenvalue weighted by Crippen LogP contribution is -2.18. The lowest BCUT2D eigenvalue weighted by molar-refractivity contribution is 0.102. The topological polar surface area (TPSA) is 89.3 Å². The van der Waals surface area contributed by atoms with Gasteiger partial charge >= 0.3 is 0 Å². The number of carbonyl (C=O) groups is 1. The quantitative estimate of drug-likeness (QED) is 0.909. The van der Waals surface area contributed by atoms with Crippen molar-refractivity contribution in [3.8, 4) is 0 Å². The van der Waals surface area contributed by atoms with Crippen LogP contribution in [0, 0.1) is 6.92 Å². The van der Waals surface area contributed by atoms with Gasteiger partial charge in [-0.1, -0.05) is 35.9 Å². The zero-order valence-corrected chi connectivity index (χ0v) is 12.7. The summed E-state index contributed by atoms with van der Waals surface area (Å²) in [5.41, 5.74) is 1.13. The third-order valence-corrected chi connectivity index (χ3v) is 4.35. The Balaban J connectivity index is 2.40.